The molecule has 0 amide bonds. The smallest absolute Gasteiger partial charge is 0.417 e. The number of benzene rings is 2. The Morgan fingerprint density at radius 3 is 0.765 bits per heavy atom. The van der Waals surface area contributed by atoms with Crippen LogP contribution in [0.5, 0.6) is 0 Å². The van der Waals surface area contributed by atoms with E-state index in [4.69, 9.17) is 10.2 Å². The van der Waals surface area contributed by atoms with Gasteiger partial charge in [-0.25, -0.2) is 9.59 Å². The van der Waals surface area contributed by atoms with Crippen molar-refractivity contribution in [3.05, 3.63) is 69.8 Å². The van der Waals surface area contributed by atoms with Crippen molar-refractivity contribution >= 4 is 11.9 Å². The lowest BCUT2D eigenvalue weighted by molar-refractivity contribution is -0.145. The van der Waals surface area contributed by atoms with Crippen molar-refractivity contribution in [1.29, 1.82) is 0 Å². The second kappa shape index (κ2) is 9.42. The van der Waals surface area contributed by atoms with Crippen molar-refractivity contribution in [2.45, 2.75) is 24.7 Å². The first-order valence-corrected chi connectivity index (χ1v) is 8.11. The molecule has 2 rings (SSSR count). The number of halogens is 12. The van der Waals surface area contributed by atoms with Gasteiger partial charge in [-0.15, -0.1) is 0 Å². The van der Waals surface area contributed by atoms with Crippen LogP contribution < -0.4 is 0 Å². The third-order valence-electron chi connectivity index (χ3n) is 3.78. The predicted molar refractivity (Wildman–Crippen MR) is 86.8 cm³/mol. The molecule has 34 heavy (non-hydrogen) atoms. The first kappa shape index (κ1) is 28.6. The van der Waals surface area contributed by atoms with Crippen molar-refractivity contribution in [1.82, 2.24) is 0 Å². The Morgan fingerprint density at radius 2 is 0.647 bits per heavy atom. The van der Waals surface area contributed by atoms with E-state index in [1.54, 1.807) is 0 Å². The molecule has 0 aliphatic carbocycles. The number of hydrogen-bond donors (Lipinski definition) is 2. The normalized spacial score (nSPS) is 12.6. The lowest BCUT2D eigenvalue weighted by Crippen LogP contribution is -2.19. The molecule has 2 aromatic carbocycles. The Bertz CT molecular complexity index is 913. The average Bonchev–Trinajstić information content (AvgIpc) is 2.64. The highest BCUT2D eigenvalue weighted by Gasteiger charge is 2.44. The fourth-order valence-corrected chi connectivity index (χ4v) is 2.51. The first-order chi connectivity index (χ1) is 15.1. The van der Waals surface area contributed by atoms with Crippen LogP contribution in [-0.4, -0.2) is 22.2 Å². The second-order valence-electron chi connectivity index (χ2n) is 6.06. The molecule has 0 aliphatic rings. The Kier molecular flexibility index (Phi) is 7.92. The van der Waals surface area contributed by atoms with E-state index in [0.29, 0.717) is 36.4 Å². The summed E-state index contributed by atoms with van der Waals surface area (Å²) in [5, 5.41) is 16.9. The van der Waals surface area contributed by atoms with Crippen molar-refractivity contribution < 1.29 is 72.5 Å². The monoisotopic (exact) mass is 516 g/mol. The van der Waals surface area contributed by atoms with Crippen LogP contribution in [0, 0.1) is 0 Å². The lowest BCUT2D eigenvalue weighted by atomic mass is 10.0. The number of carboxylic acids is 2. The number of rotatable bonds is 2. The second-order valence-corrected chi connectivity index (χ2v) is 6.06. The maximum Gasteiger partial charge on any atom is 0.417 e. The molecule has 0 aromatic heterocycles. The van der Waals surface area contributed by atoms with Crippen LogP contribution >= 0.6 is 0 Å². The van der Waals surface area contributed by atoms with Gasteiger partial charge in [0.25, 0.3) is 0 Å². The fraction of sp³-hybridized carbons (Fsp3) is 0.222. The minimum absolute atomic E-state index is 0.290. The van der Waals surface area contributed by atoms with Crippen LogP contribution in [0.25, 0.3) is 0 Å². The van der Waals surface area contributed by atoms with Gasteiger partial charge in [-0.1, -0.05) is 12.1 Å². The third kappa shape index (κ3) is 6.77. The summed E-state index contributed by atoms with van der Waals surface area (Å²) < 4.78 is 148. The number of carboxylic acid groups (broad SMARTS) is 2. The summed E-state index contributed by atoms with van der Waals surface area (Å²) in [6.45, 7) is 0. The highest BCUT2D eigenvalue weighted by atomic mass is 19.4. The molecule has 0 spiro atoms. The van der Waals surface area contributed by atoms with Gasteiger partial charge in [0.05, 0.1) is 33.4 Å². The molecular weight excluding hydrogens is 508 g/mol. The van der Waals surface area contributed by atoms with Gasteiger partial charge in [0, 0.05) is 0 Å². The maximum atomic E-state index is 12.3. The molecule has 2 aromatic rings. The van der Waals surface area contributed by atoms with E-state index in [1.165, 1.54) is 0 Å². The van der Waals surface area contributed by atoms with Crippen LogP contribution in [0.1, 0.15) is 43.0 Å². The molecule has 0 bridgehead atoms. The zero-order valence-electron chi connectivity index (χ0n) is 15.7. The topological polar surface area (TPSA) is 74.6 Å². The van der Waals surface area contributed by atoms with Crippen molar-refractivity contribution in [2.75, 3.05) is 0 Å². The van der Waals surface area contributed by atoms with Crippen LogP contribution in [0.2, 0.25) is 0 Å². The quantitative estimate of drug-likeness (QED) is 0.429. The molecular formula is C18H8F12O4. The van der Waals surface area contributed by atoms with E-state index in [0.717, 1.165) is 0 Å². The maximum absolute atomic E-state index is 12.3. The summed E-state index contributed by atoms with van der Waals surface area (Å²) in [4.78, 5) is 21.1. The minimum atomic E-state index is -5.16. The van der Waals surface area contributed by atoms with Gasteiger partial charge in [0.2, 0.25) is 0 Å². The summed E-state index contributed by atoms with van der Waals surface area (Å²) in [7, 11) is 0. The zero-order valence-corrected chi connectivity index (χ0v) is 15.7. The SMILES string of the molecule is O=C(O)c1c(C(F)(F)F)cccc1C(F)(F)F.O=C(O)c1c(C(F)(F)F)cccc1C(F)(F)F. The molecule has 0 atom stereocenters. The Morgan fingerprint density at radius 1 is 0.471 bits per heavy atom. The highest BCUT2D eigenvalue weighted by molar-refractivity contribution is 5.92. The lowest BCUT2D eigenvalue weighted by Gasteiger charge is -2.15. The molecule has 0 radical (unpaired) electrons. The van der Waals surface area contributed by atoms with Crippen LogP contribution in [0.3, 0.4) is 0 Å². The van der Waals surface area contributed by atoms with E-state index >= 15 is 0 Å². The van der Waals surface area contributed by atoms with Crippen molar-refractivity contribution in [3.63, 3.8) is 0 Å². The zero-order chi connectivity index (χ0) is 26.9. The molecule has 16 heteroatoms. The van der Waals surface area contributed by atoms with Gasteiger partial charge in [0.15, 0.2) is 0 Å². The average molecular weight is 516 g/mol. The first-order valence-electron chi connectivity index (χ1n) is 8.11. The van der Waals surface area contributed by atoms with Gasteiger partial charge >= 0.3 is 36.6 Å². The number of hydrogen-bond acceptors (Lipinski definition) is 2. The van der Waals surface area contributed by atoms with E-state index in [1.807, 2.05) is 0 Å². The van der Waals surface area contributed by atoms with Crippen LogP contribution in [-0.2, 0) is 24.7 Å². The van der Waals surface area contributed by atoms with Crippen LogP contribution in [0.15, 0.2) is 36.4 Å². The van der Waals surface area contributed by atoms with Gasteiger partial charge < -0.3 is 10.2 Å². The fourth-order valence-electron chi connectivity index (χ4n) is 2.51. The highest BCUT2D eigenvalue weighted by Crippen LogP contribution is 2.40. The third-order valence-corrected chi connectivity index (χ3v) is 3.78. The standard InChI is InChI=1S/2C9H4F6O2/c2*10-8(11,12)4-2-1-3-5(9(13,14)15)6(4)7(16)17/h2*1-3H,(H,16,17). The molecule has 0 fully saturated rings. The van der Waals surface area contributed by atoms with Gasteiger partial charge in [-0.2, -0.15) is 52.7 Å². The molecule has 0 saturated heterocycles. The Balaban J connectivity index is 0.000000340. The molecule has 0 aliphatic heterocycles. The van der Waals surface area contributed by atoms with Crippen molar-refractivity contribution in [2.24, 2.45) is 0 Å². The molecule has 0 heterocycles. The largest absolute Gasteiger partial charge is 0.478 e. The predicted octanol–water partition coefficient (Wildman–Crippen LogP) is 6.84. The number of aromatic carboxylic acids is 2. The minimum Gasteiger partial charge on any atom is -0.478 e. The van der Waals surface area contributed by atoms with Gasteiger partial charge in [-0.3, -0.25) is 0 Å². The van der Waals surface area contributed by atoms with Crippen molar-refractivity contribution in [3.8, 4) is 0 Å². The van der Waals surface area contributed by atoms with E-state index < -0.39 is 70.0 Å². The number of carbonyl (C=O) groups is 2. The van der Waals surface area contributed by atoms with Crippen LogP contribution in [0.4, 0.5) is 52.7 Å². The summed E-state index contributed by atoms with van der Waals surface area (Å²) in [6, 6.07) is 2.19. The molecule has 0 unspecified atom stereocenters. The Hall–Kier alpha value is -3.46. The molecule has 2 N–H and O–H groups in total. The molecule has 0 saturated carbocycles. The van der Waals surface area contributed by atoms with Gasteiger partial charge in [0.1, 0.15) is 0 Å². The summed E-state index contributed by atoms with van der Waals surface area (Å²) in [5.41, 5.74) is -10.8. The van der Waals surface area contributed by atoms with E-state index in [9.17, 15) is 62.3 Å². The molecule has 4 nitrogen and oxygen atoms in total. The summed E-state index contributed by atoms with van der Waals surface area (Å²) >= 11 is 0. The van der Waals surface area contributed by atoms with Gasteiger partial charge in [-0.05, 0) is 24.3 Å². The van der Waals surface area contributed by atoms with E-state index in [2.05, 4.69) is 0 Å². The summed E-state index contributed by atoms with van der Waals surface area (Å²) in [5.74, 6) is -4.55. The number of alkyl halides is 12. The Labute approximate surface area is 180 Å². The molecule has 188 valence electrons. The van der Waals surface area contributed by atoms with E-state index in [-0.39, 0.29) is 0 Å². The summed E-state index contributed by atoms with van der Waals surface area (Å²) in [6.07, 6.45) is -20.6.